The van der Waals surface area contributed by atoms with Crippen LogP contribution in [0.5, 0.6) is 0 Å². The third-order valence-corrected chi connectivity index (χ3v) is 9.05. The fourth-order valence-corrected chi connectivity index (χ4v) is 6.61. The molecule has 0 saturated carbocycles. The Kier molecular flexibility index (Phi) is 8.14. The third-order valence-electron chi connectivity index (χ3n) is 5.41. The van der Waals surface area contributed by atoms with Crippen LogP contribution in [-0.2, 0) is 19.9 Å². The molecule has 12 heteroatoms. The third kappa shape index (κ3) is 5.80. The Morgan fingerprint density at radius 3 is 2.23 bits per heavy atom. The van der Waals surface area contributed by atoms with Crippen molar-refractivity contribution in [1.29, 1.82) is 0 Å². The summed E-state index contributed by atoms with van der Waals surface area (Å²) in [5, 5.41) is 14.5. The van der Waals surface area contributed by atoms with Gasteiger partial charge in [0.2, 0.25) is 19.9 Å². The number of hydrogen-bond acceptors (Lipinski definition) is 7. The Morgan fingerprint density at radius 1 is 0.971 bits per heavy atom. The van der Waals surface area contributed by atoms with Gasteiger partial charge in [-0.05, 0) is 47.8 Å². The number of para-hydroxylation sites is 1. The largest absolute Gasteiger partial charge is 0.391 e. The minimum Gasteiger partial charge on any atom is -0.391 e. The monoisotopic (exact) mass is 517 g/mol. The normalized spacial score (nSPS) is 14.1. The van der Waals surface area contributed by atoms with E-state index in [-0.39, 0.29) is 33.7 Å². The van der Waals surface area contributed by atoms with Gasteiger partial charge in [0, 0.05) is 29.6 Å². The molecule has 0 spiro atoms. The Balaban J connectivity index is 1.96. The number of sulfonamides is 1. The van der Waals surface area contributed by atoms with Gasteiger partial charge in [-0.3, -0.25) is 4.98 Å². The van der Waals surface area contributed by atoms with Crippen molar-refractivity contribution in [1.82, 2.24) is 9.29 Å². The summed E-state index contributed by atoms with van der Waals surface area (Å²) in [4.78, 5) is 6.71. The summed E-state index contributed by atoms with van der Waals surface area (Å²) in [5.74, 6) is -0.0507. The topological polar surface area (TPSA) is 153 Å². The van der Waals surface area contributed by atoms with Crippen LogP contribution in [0.4, 0.5) is 0 Å². The van der Waals surface area contributed by atoms with E-state index in [9.17, 15) is 21.9 Å². The van der Waals surface area contributed by atoms with E-state index in [1.54, 1.807) is 24.3 Å². The number of pyridine rings is 1. The molecule has 0 amide bonds. The molecular weight excluding hydrogens is 490 g/mol. The molecule has 1 N–H and O–H groups in total. The van der Waals surface area contributed by atoms with Crippen LogP contribution in [0.3, 0.4) is 0 Å². The number of aromatic nitrogens is 1. The maximum Gasteiger partial charge on any atom is 0.243 e. The molecule has 0 aliphatic rings. The van der Waals surface area contributed by atoms with Crippen molar-refractivity contribution < 1.29 is 21.9 Å². The lowest BCUT2D eigenvalue weighted by Crippen LogP contribution is -2.42. The first-order chi connectivity index (χ1) is 16.5. The number of azide groups is 1. The Bertz CT molecular complexity index is 1450. The van der Waals surface area contributed by atoms with Gasteiger partial charge < -0.3 is 5.11 Å². The molecule has 0 bridgehead atoms. The van der Waals surface area contributed by atoms with Crippen molar-refractivity contribution >= 4 is 30.8 Å². The van der Waals surface area contributed by atoms with Crippen LogP contribution < -0.4 is 0 Å². The van der Waals surface area contributed by atoms with Crippen LogP contribution in [0.2, 0.25) is 0 Å². The van der Waals surface area contributed by atoms with Crippen LogP contribution in [0.15, 0.2) is 80.6 Å². The summed E-state index contributed by atoms with van der Waals surface area (Å²) in [6.07, 6.45) is 0.301. The van der Waals surface area contributed by atoms with Crippen molar-refractivity contribution in [2.45, 2.75) is 47.6 Å². The first-order valence-electron chi connectivity index (χ1n) is 10.9. The van der Waals surface area contributed by atoms with Crippen LogP contribution in [0, 0.1) is 5.92 Å². The molecule has 1 aromatic heterocycles. The SMILES string of the molecule is CC(C)CN(CC(O)[C@H](C)N=[N+]=[N-])S(=O)(=O)c1ccc(S(=O)(=O)c2cccc3cccnc23)cc1. The van der Waals surface area contributed by atoms with Crippen molar-refractivity contribution in [3.05, 3.63) is 71.2 Å². The van der Waals surface area contributed by atoms with E-state index in [0.717, 1.165) is 4.31 Å². The molecular formula is C23H27N5O5S2. The van der Waals surface area contributed by atoms with Crippen molar-refractivity contribution in [3.63, 3.8) is 0 Å². The van der Waals surface area contributed by atoms with Gasteiger partial charge in [0.05, 0.1) is 32.3 Å². The minimum absolute atomic E-state index is 0.0304. The number of benzene rings is 2. The lowest BCUT2D eigenvalue weighted by atomic mass is 10.2. The van der Waals surface area contributed by atoms with Crippen LogP contribution in [0.25, 0.3) is 21.3 Å². The average molecular weight is 518 g/mol. The van der Waals surface area contributed by atoms with E-state index in [0.29, 0.717) is 10.9 Å². The van der Waals surface area contributed by atoms with Gasteiger partial charge in [-0.1, -0.05) is 44.1 Å². The van der Waals surface area contributed by atoms with E-state index >= 15 is 0 Å². The van der Waals surface area contributed by atoms with Crippen molar-refractivity contribution in [2.24, 2.45) is 11.0 Å². The van der Waals surface area contributed by atoms with Crippen LogP contribution in [0.1, 0.15) is 20.8 Å². The molecule has 2 atom stereocenters. The number of sulfone groups is 1. The highest BCUT2D eigenvalue weighted by atomic mass is 32.2. The second-order valence-electron chi connectivity index (χ2n) is 8.53. The molecule has 1 unspecified atom stereocenters. The Morgan fingerprint density at radius 2 is 1.60 bits per heavy atom. The molecule has 35 heavy (non-hydrogen) atoms. The lowest BCUT2D eigenvalue weighted by molar-refractivity contribution is 0.122. The summed E-state index contributed by atoms with van der Waals surface area (Å²) in [6.45, 7) is 5.00. The first kappa shape index (κ1) is 26.6. The van der Waals surface area contributed by atoms with E-state index in [1.165, 1.54) is 43.5 Å². The van der Waals surface area contributed by atoms with Gasteiger partial charge in [0.25, 0.3) is 0 Å². The highest BCUT2D eigenvalue weighted by Gasteiger charge is 2.30. The molecule has 0 aliphatic heterocycles. The summed E-state index contributed by atoms with van der Waals surface area (Å²) in [7, 11) is -8.03. The average Bonchev–Trinajstić information content (AvgIpc) is 2.83. The number of fused-ring (bicyclic) bond motifs is 1. The molecule has 3 aromatic rings. The van der Waals surface area contributed by atoms with Gasteiger partial charge in [0.15, 0.2) is 0 Å². The number of nitrogens with zero attached hydrogens (tertiary/aromatic N) is 5. The zero-order chi connectivity index (χ0) is 25.8. The summed E-state index contributed by atoms with van der Waals surface area (Å²) in [6, 6.07) is 12.5. The number of hydrogen-bond donors (Lipinski definition) is 1. The highest BCUT2D eigenvalue weighted by molar-refractivity contribution is 7.91. The highest BCUT2D eigenvalue weighted by Crippen LogP contribution is 2.28. The molecule has 186 valence electrons. The summed E-state index contributed by atoms with van der Waals surface area (Å²) < 4.78 is 54.4. The molecule has 0 saturated heterocycles. The zero-order valence-corrected chi connectivity index (χ0v) is 21.2. The van der Waals surface area contributed by atoms with E-state index in [1.807, 2.05) is 13.8 Å². The second-order valence-corrected chi connectivity index (χ2v) is 12.4. The quantitative estimate of drug-likeness (QED) is 0.245. The smallest absolute Gasteiger partial charge is 0.243 e. The molecule has 1 heterocycles. The maximum atomic E-state index is 13.3. The van der Waals surface area contributed by atoms with Gasteiger partial charge in [-0.15, -0.1) is 0 Å². The number of aliphatic hydroxyl groups excluding tert-OH is 1. The van der Waals surface area contributed by atoms with Crippen molar-refractivity contribution in [2.75, 3.05) is 13.1 Å². The predicted octanol–water partition coefficient (Wildman–Crippen LogP) is 3.77. The van der Waals surface area contributed by atoms with Gasteiger partial charge in [-0.25, -0.2) is 16.8 Å². The number of rotatable bonds is 10. The first-order valence-corrected chi connectivity index (χ1v) is 13.8. The summed E-state index contributed by atoms with van der Waals surface area (Å²) >= 11 is 0. The van der Waals surface area contributed by atoms with E-state index < -0.39 is 32.0 Å². The minimum atomic E-state index is -4.07. The molecule has 0 radical (unpaired) electrons. The second kappa shape index (κ2) is 10.7. The zero-order valence-electron chi connectivity index (χ0n) is 19.6. The molecule has 2 aromatic carbocycles. The standard InChI is InChI=1S/C23H27N5O5S2/c1-16(2)14-28(15-21(29)17(3)26-27-24)35(32,33)20-11-9-19(10-12-20)34(30,31)22-8-4-6-18-7-5-13-25-23(18)22/h4-13,16-17,21,29H,14-15H2,1-3H3/t17-,21?/m0/s1. The van der Waals surface area contributed by atoms with Crippen LogP contribution >= 0.6 is 0 Å². The molecule has 10 nitrogen and oxygen atoms in total. The van der Waals surface area contributed by atoms with Crippen molar-refractivity contribution in [3.8, 4) is 0 Å². The van der Waals surface area contributed by atoms with E-state index in [4.69, 9.17) is 5.53 Å². The van der Waals surface area contributed by atoms with Gasteiger partial charge >= 0.3 is 0 Å². The van der Waals surface area contributed by atoms with Gasteiger partial charge in [0.1, 0.15) is 0 Å². The fourth-order valence-electron chi connectivity index (χ4n) is 3.56. The maximum absolute atomic E-state index is 13.3. The Hall–Kier alpha value is -3.02. The fraction of sp³-hybridized carbons (Fsp3) is 0.348. The molecule has 0 aliphatic carbocycles. The summed E-state index contributed by atoms with van der Waals surface area (Å²) in [5.41, 5.74) is 8.93. The molecule has 3 rings (SSSR count). The lowest BCUT2D eigenvalue weighted by Gasteiger charge is -2.27. The van der Waals surface area contributed by atoms with Gasteiger partial charge in [-0.2, -0.15) is 4.31 Å². The number of aliphatic hydroxyl groups is 1. The van der Waals surface area contributed by atoms with Crippen LogP contribution in [-0.4, -0.2) is 56.5 Å². The van der Waals surface area contributed by atoms with E-state index in [2.05, 4.69) is 15.0 Å². The Labute approximate surface area is 204 Å². The predicted molar refractivity (Wildman–Crippen MR) is 132 cm³/mol. The molecule has 0 fully saturated rings.